The number of carboxylic acid groups (broad SMARTS) is 1. The van der Waals surface area contributed by atoms with Crippen LogP contribution in [0.25, 0.3) is 11.7 Å². The van der Waals surface area contributed by atoms with Crippen molar-refractivity contribution >= 4 is 5.97 Å². The van der Waals surface area contributed by atoms with Gasteiger partial charge in [0.15, 0.2) is 12.1 Å². The molecule has 0 radical (unpaired) electrons. The largest absolute Gasteiger partial charge is 0.475 e. The highest BCUT2D eigenvalue weighted by Crippen LogP contribution is 2.34. The average molecular weight is 262 g/mol. The summed E-state index contributed by atoms with van der Waals surface area (Å²) in [5, 5.41) is 8.63. The zero-order valence-electron chi connectivity index (χ0n) is 8.78. The summed E-state index contributed by atoms with van der Waals surface area (Å²) in [4.78, 5) is 17.4. The molecule has 0 bridgehead atoms. The number of nitrogens with zero attached hydrogens (tertiary/aromatic N) is 2. The van der Waals surface area contributed by atoms with Crippen LogP contribution in [0.5, 0.6) is 0 Å². The molecule has 0 aliphatic carbocycles. The van der Waals surface area contributed by atoms with E-state index in [1.165, 1.54) is 6.92 Å². The Hall–Kier alpha value is -2.32. The van der Waals surface area contributed by atoms with Gasteiger partial charge in [0.2, 0.25) is 11.5 Å². The van der Waals surface area contributed by atoms with Crippen LogP contribution in [-0.4, -0.2) is 21.0 Å². The summed E-state index contributed by atoms with van der Waals surface area (Å²) in [6.07, 6.45) is -3.94. The first kappa shape index (κ1) is 12.1. The van der Waals surface area contributed by atoms with Crippen molar-refractivity contribution in [1.29, 1.82) is 0 Å². The molecule has 96 valence electrons. The number of carbonyl (C=O) groups is 1. The molecule has 0 amide bonds. The zero-order chi connectivity index (χ0) is 13.5. The lowest BCUT2D eigenvalue weighted by Crippen LogP contribution is -2.11. The van der Waals surface area contributed by atoms with Crippen molar-refractivity contribution < 1.29 is 31.9 Å². The highest BCUT2D eigenvalue weighted by atomic mass is 19.4. The minimum Gasteiger partial charge on any atom is -0.475 e. The maximum absolute atomic E-state index is 12.5. The summed E-state index contributed by atoms with van der Waals surface area (Å²) < 4.78 is 46.9. The van der Waals surface area contributed by atoms with E-state index in [1.807, 2.05) is 0 Å². The first-order valence-electron chi connectivity index (χ1n) is 4.52. The first-order valence-corrected chi connectivity index (χ1v) is 4.52. The summed E-state index contributed by atoms with van der Waals surface area (Å²) >= 11 is 0. The van der Waals surface area contributed by atoms with Crippen LogP contribution in [0.3, 0.4) is 0 Å². The topological polar surface area (TPSA) is 89.4 Å². The average Bonchev–Trinajstić information content (AvgIpc) is 2.81. The van der Waals surface area contributed by atoms with Crippen molar-refractivity contribution in [2.75, 3.05) is 0 Å². The number of carboxylic acids is 1. The summed E-state index contributed by atoms with van der Waals surface area (Å²) in [6, 6.07) is 0. The third-order valence-electron chi connectivity index (χ3n) is 2.03. The van der Waals surface area contributed by atoms with Crippen LogP contribution in [0.1, 0.15) is 21.9 Å². The highest BCUT2D eigenvalue weighted by molar-refractivity contribution is 5.86. The predicted molar refractivity (Wildman–Crippen MR) is 48.7 cm³/mol. The number of hydrogen-bond acceptors (Lipinski definition) is 5. The van der Waals surface area contributed by atoms with E-state index in [-0.39, 0.29) is 11.5 Å². The summed E-state index contributed by atoms with van der Waals surface area (Å²) in [6.45, 7) is 1.46. The fourth-order valence-electron chi connectivity index (χ4n) is 1.26. The number of hydrogen-bond donors (Lipinski definition) is 1. The molecule has 0 aliphatic heterocycles. The lowest BCUT2D eigenvalue weighted by molar-refractivity contribution is -0.141. The number of aromatic carboxylic acids is 1. The van der Waals surface area contributed by atoms with E-state index in [0.717, 1.165) is 6.39 Å². The second-order valence-electron chi connectivity index (χ2n) is 3.27. The maximum Gasteiger partial charge on any atom is 0.437 e. The van der Waals surface area contributed by atoms with Gasteiger partial charge in [0.1, 0.15) is 0 Å². The van der Waals surface area contributed by atoms with Gasteiger partial charge in [0, 0.05) is 0 Å². The number of aromatic nitrogens is 2. The van der Waals surface area contributed by atoms with Gasteiger partial charge in [-0.3, -0.25) is 0 Å². The lowest BCUT2D eigenvalue weighted by Gasteiger charge is -2.00. The number of oxazole rings is 2. The molecule has 0 atom stereocenters. The summed E-state index contributed by atoms with van der Waals surface area (Å²) in [5.74, 6) is -3.87. The Kier molecular flexibility index (Phi) is 2.60. The summed E-state index contributed by atoms with van der Waals surface area (Å²) in [5.41, 5.74) is -1.37. The third-order valence-corrected chi connectivity index (χ3v) is 2.03. The predicted octanol–water partition coefficient (Wildman–Crippen LogP) is 2.36. The molecule has 6 nitrogen and oxygen atoms in total. The van der Waals surface area contributed by atoms with E-state index < -0.39 is 29.5 Å². The summed E-state index contributed by atoms with van der Waals surface area (Å²) in [7, 11) is 0. The molecule has 0 aliphatic rings. The molecule has 0 saturated carbocycles. The second-order valence-corrected chi connectivity index (χ2v) is 3.27. The van der Waals surface area contributed by atoms with Crippen LogP contribution in [0.4, 0.5) is 13.2 Å². The van der Waals surface area contributed by atoms with Crippen molar-refractivity contribution in [1.82, 2.24) is 9.97 Å². The normalized spacial score (nSPS) is 11.8. The molecule has 18 heavy (non-hydrogen) atoms. The molecule has 2 heterocycles. The van der Waals surface area contributed by atoms with Crippen LogP contribution in [-0.2, 0) is 6.18 Å². The zero-order valence-corrected chi connectivity index (χ0v) is 8.78. The monoisotopic (exact) mass is 262 g/mol. The van der Waals surface area contributed by atoms with Crippen molar-refractivity contribution in [2.24, 2.45) is 0 Å². The number of alkyl halides is 3. The molecule has 0 spiro atoms. The molecule has 0 unspecified atom stereocenters. The van der Waals surface area contributed by atoms with E-state index in [2.05, 4.69) is 14.4 Å². The SMILES string of the molecule is Cc1ncoc1-c1nc(C(F)(F)F)c(C(=O)O)o1. The molecule has 9 heteroatoms. The van der Waals surface area contributed by atoms with Crippen LogP contribution in [0.15, 0.2) is 15.2 Å². The third kappa shape index (κ3) is 1.94. The van der Waals surface area contributed by atoms with Gasteiger partial charge < -0.3 is 13.9 Å². The van der Waals surface area contributed by atoms with Crippen LogP contribution in [0.2, 0.25) is 0 Å². The molecule has 2 aromatic rings. The molecule has 0 aromatic carbocycles. The molecule has 0 fully saturated rings. The first-order chi connectivity index (χ1) is 8.30. The van der Waals surface area contributed by atoms with Gasteiger partial charge in [-0.15, -0.1) is 0 Å². The quantitative estimate of drug-likeness (QED) is 0.893. The van der Waals surface area contributed by atoms with Crippen LogP contribution in [0, 0.1) is 6.92 Å². The molecule has 0 saturated heterocycles. The second kappa shape index (κ2) is 3.86. The number of aryl methyl sites for hydroxylation is 1. The Morgan fingerprint density at radius 2 is 2.11 bits per heavy atom. The van der Waals surface area contributed by atoms with Gasteiger partial charge in [0.05, 0.1) is 5.69 Å². The van der Waals surface area contributed by atoms with Gasteiger partial charge >= 0.3 is 12.1 Å². The Bertz CT molecular complexity index is 599. The fraction of sp³-hybridized carbons (Fsp3) is 0.222. The van der Waals surface area contributed by atoms with Crippen molar-refractivity contribution in [3.63, 3.8) is 0 Å². The van der Waals surface area contributed by atoms with E-state index in [9.17, 15) is 18.0 Å². The maximum atomic E-state index is 12.5. The Labute approximate surface area is 97.1 Å². The smallest absolute Gasteiger partial charge is 0.437 e. The minimum atomic E-state index is -4.93. The van der Waals surface area contributed by atoms with Gasteiger partial charge in [-0.1, -0.05) is 0 Å². The van der Waals surface area contributed by atoms with Gasteiger partial charge in [0.25, 0.3) is 5.89 Å². The molecule has 2 aromatic heterocycles. The Balaban J connectivity index is 2.60. The molecule has 2 rings (SSSR count). The van der Waals surface area contributed by atoms with E-state index in [4.69, 9.17) is 9.52 Å². The van der Waals surface area contributed by atoms with Crippen molar-refractivity contribution in [3.8, 4) is 11.7 Å². The van der Waals surface area contributed by atoms with Crippen LogP contribution >= 0.6 is 0 Å². The van der Waals surface area contributed by atoms with Gasteiger partial charge in [-0.25, -0.2) is 14.8 Å². The Morgan fingerprint density at radius 3 is 2.50 bits per heavy atom. The van der Waals surface area contributed by atoms with Gasteiger partial charge in [-0.2, -0.15) is 13.2 Å². The highest BCUT2D eigenvalue weighted by Gasteiger charge is 2.41. The van der Waals surface area contributed by atoms with E-state index in [1.54, 1.807) is 0 Å². The lowest BCUT2D eigenvalue weighted by atomic mass is 10.3. The standard InChI is InChI=1S/C9H5F3N2O4/c1-3-4(17-2-13-3)7-14-6(9(10,11)12)5(18-7)8(15)16/h2H,1H3,(H,15,16). The van der Waals surface area contributed by atoms with Crippen molar-refractivity contribution in [2.45, 2.75) is 13.1 Å². The Morgan fingerprint density at radius 1 is 1.44 bits per heavy atom. The minimum absolute atomic E-state index is 0.145. The van der Waals surface area contributed by atoms with Gasteiger partial charge in [-0.05, 0) is 6.92 Å². The number of rotatable bonds is 2. The van der Waals surface area contributed by atoms with E-state index >= 15 is 0 Å². The van der Waals surface area contributed by atoms with Crippen molar-refractivity contribution in [3.05, 3.63) is 23.5 Å². The van der Waals surface area contributed by atoms with E-state index in [0.29, 0.717) is 0 Å². The fourth-order valence-corrected chi connectivity index (χ4v) is 1.26. The molecule has 1 N–H and O–H groups in total. The number of halogens is 3. The van der Waals surface area contributed by atoms with Crippen LogP contribution < -0.4 is 0 Å². The molecular formula is C9H5F3N2O4. The molecular weight excluding hydrogens is 257 g/mol.